The SMILES string of the molecule is C.CC(C)I.CN(C)Cc1cncc(Br)c1.COc1cncc(Br)c1.[CH2-]C.[I][V]([I])[I]. The third-order valence-electron chi connectivity index (χ3n) is 2.18. The number of nitrogens with zero attached hydrogens (tertiary/aromatic N) is 3. The minimum atomic E-state index is -0.278. The summed E-state index contributed by atoms with van der Waals surface area (Å²) in [5.74, 6) is 0.768. The second-order valence-corrected chi connectivity index (χ2v) is 45.2. The van der Waals surface area contributed by atoms with E-state index in [1.165, 1.54) is 5.56 Å². The molecule has 2 heterocycles. The van der Waals surface area contributed by atoms with Gasteiger partial charge in [-0.1, -0.05) is 43.9 Å². The van der Waals surface area contributed by atoms with Crippen LogP contribution in [-0.2, 0) is 11.5 Å². The molecule has 0 radical (unpaired) electrons. The Bertz CT molecular complexity index is 631. The van der Waals surface area contributed by atoms with Crippen molar-refractivity contribution in [1.29, 1.82) is 0 Å². The fourth-order valence-electron chi connectivity index (χ4n) is 1.41. The topological polar surface area (TPSA) is 38.2 Å². The van der Waals surface area contributed by atoms with E-state index in [-0.39, 0.29) is 12.3 Å². The molecule has 4 nitrogen and oxygen atoms in total. The number of ether oxygens (including phenoxy) is 1. The fourth-order valence-corrected chi connectivity index (χ4v) is 2.17. The van der Waals surface area contributed by atoms with Gasteiger partial charge in [-0.15, -0.1) is 0 Å². The molecule has 2 rings (SSSR count). The van der Waals surface area contributed by atoms with Gasteiger partial charge < -0.3 is 16.6 Å². The first kappa shape index (κ1) is 40.7. The van der Waals surface area contributed by atoms with Crippen LogP contribution < -0.4 is 4.74 Å². The molecule has 0 saturated heterocycles. The van der Waals surface area contributed by atoms with Crippen LogP contribution in [0.4, 0.5) is 0 Å². The summed E-state index contributed by atoms with van der Waals surface area (Å²) in [5, 5.41) is 0. The molecular formula is C20H33Br2I4N3OV-. The predicted octanol–water partition coefficient (Wildman–Crippen LogP) is 9.72. The number of rotatable bonds is 3. The second-order valence-electron chi connectivity index (χ2n) is 5.50. The van der Waals surface area contributed by atoms with Crippen molar-refractivity contribution >= 4 is 114 Å². The molecule has 2 aromatic heterocycles. The van der Waals surface area contributed by atoms with Gasteiger partial charge in [0.15, 0.2) is 0 Å². The molecule has 0 aliphatic rings. The van der Waals surface area contributed by atoms with E-state index in [0.717, 1.165) is 25.2 Å². The molecule has 31 heavy (non-hydrogen) atoms. The molecule has 0 amide bonds. The summed E-state index contributed by atoms with van der Waals surface area (Å²) in [4.78, 5) is 9.78. The Balaban J connectivity index is -0.000000164. The molecule has 0 bridgehead atoms. The van der Waals surface area contributed by atoms with Crippen LogP contribution in [0.25, 0.3) is 0 Å². The van der Waals surface area contributed by atoms with Gasteiger partial charge in [0, 0.05) is 38.0 Å². The summed E-state index contributed by atoms with van der Waals surface area (Å²) < 4.78 is 7.68. The van der Waals surface area contributed by atoms with E-state index < -0.39 is 0 Å². The zero-order valence-electron chi connectivity index (χ0n) is 17.9. The van der Waals surface area contributed by atoms with Crippen LogP contribution in [0.3, 0.4) is 0 Å². The van der Waals surface area contributed by atoms with Crippen molar-refractivity contribution in [2.75, 3.05) is 21.2 Å². The molecule has 0 aromatic carbocycles. The summed E-state index contributed by atoms with van der Waals surface area (Å²) in [6, 6.07) is 3.93. The molecule has 0 atom stereocenters. The first-order chi connectivity index (χ1) is 14.0. The van der Waals surface area contributed by atoms with Crippen LogP contribution in [0, 0.1) is 6.92 Å². The Kier molecular flexibility index (Phi) is 37.7. The Hall–Kier alpha value is 2.52. The molecule has 0 N–H and O–H groups in total. The number of halogens is 6. The number of hydrogen-bond donors (Lipinski definition) is 0. The second kappa shape index (κ2) is 28.8. The van der Waals surface area contributed by atoms with Gasteiger partial charge in [0.1, 0.15) is 5.75 Å². The summed E-state index contributed by atoms with van der Waals surface area (Å²) in [5.41, 5.74) is 1.23. The Morgan fingerprint density at radius 2 is 1.39 bits per heavy atom. The molecule has 2 aromatic rings. The standard InChI is InChI=1S/C8H11BrN2.C6H6BrNO.C3H7I.C2H5.CH4.3HI.V/c1-11(2)6-7-3-8(9)5-10-4-7;1-9-6-2-5(7)3-8-4-6;1-3(2)4;1-2;;;;;/h3-5H,6H2,1-2H3;2-4H,1H3;3H,1-2H3;1H2,2H3;1H4;3*1H;/q;;;-1;;;;;+3/p-3. The van der Waals surface area contributed by atoms with Crippen LogP contribution in [0.2, 0.25) is 0 Å². The average Bonchev–Trinajstić information content (AvgIpc) is 2.62. The molecule has 0 aliphatic heterocycles. The van der Waals surface area contributed by atoms with Gasteiger partial charge in [0.2, 0.25) is 0 Å². The minimum absolute atomic E-state index is 0. The molecule has 0 aliphatic carbocycles. The van der Waals surface area contributed by atoms with E-state index >= 15 is 0 Å². The zero-order chi connectivity index (χ0) is 24.1. The average molecular weight is 1050 g/mol. The van der Waals surface area contributed by atoms with Crippen LogP contribution in [0.15, 0.2) is 45.9 Å². The Morgan fingerprint density at radius 3 is 1.68 bits per heavy atom. The van der Waals surface area contributed by atoms with E-state index in [1.54, 1.807) is 32.6 Å². The Morgan fingerprint density at radius 1 is 1.00 bits per heavy atom. The molecule has 0 saturated carbocycles. The maximum absolute atomic E-state index is 4.90. The van der Waals surface area contributed by atoms with Gasteiger partial charge >= 0.3 is 64.9 Å². The van der Waals surface area contributed by atoms with Crippen LogP contribution >= 0.6 is 114 Å². The monoisotopic (exact) mass is 1050 g/mol. The zero-order valence-corrected chi connectivity index (χ0v) is 31.1. The van der Waals surface area contributed by atoms with Crippen molar-refractivity contribution in [2.24, 2.45) is 0 Å². The first-order valence-corrected chi connectivity index (χ1v) is 24.8. The quantitative estimate of drug-likeness (QED) is 0.175. The molecular weight excluding hydrogens is 1020 g/mol. The normalized spacial score (nSPS) is 8.90. The van der Waals surface area contributed by atoms with E-state index in [4.69, 9.17) is 4.74 Å². The van der Waals surface area contributed by atoms with Gasteiger partial charge in [0.05, 0.1) is 13.3 Å². The fraction of sp³-hybridized carbons (Fsp3) is 0.450. The van der Waals surface area contributed by atoms with Gasteiger partial charge in [0.25, 0.3) is 0 Å². The molecule has 0 unspecified atom stereocenters. The van der Waals surface area contributed by atoms with Crippen molar-refractivity contribution in [3.8, 4) is 5.75 Å². The predicted molar refractivity (Wildman–Crippen MR) is 177 cm³/mol. The van der Waals surface area contributed by atoms with Gasteiger partial charge in [-0.25, -0.2) is 0 Å². The summed E-state index contributed by atoms with van der Waals surface area (Å²) >= 11 is 16.4. The van der Waals surface area contributed by atoms with Crippen molar-refractivity contribution in [3.05, 3.63) is 58.4 Å². The maximum atomic E-state index is 4.90. The van der Waals surface area contributed by atoms with E-state index in [0.29, 0.717) is 0 Å². The van der Waals surface area contributed by atoms with E-state index in [1.807, 2.05) is 26.4 Å². The number of alkyl halides is 1. The number of pyridine rings is 2. The summed E-state index contributed by atoms with van der Waals surface area (Å²) in [6.45, 7) is 10.2. The van der Waals surface area contributed by atoms with E-state index in [9.17, 15) is 0 Å². The Labute approximate surface area is 258 Å². The number of methoxy groups -OCH3 is 1. The first-order valence-electron chi connectivity index (χ1n) is 8.48. The third-order valence-corrected chi connectivity index (χ3v) is 3.04. The van der Waals surface area contributed by atoms with Crippen LogP contribution in [0.1, 0.15) is 33.8 Å². The number of aromatic nitrogens is 2. The van der Waals surface area contributed by atoms with Gasteiger partial charge in [-0.2, -0.15) is 6.92 Å². The van der Waals surface area contributed by atoms with Gasteiger partial charge in [-0.05, 0) is 63.7 Å². The van der Waals surface area contributed by atoms with Crippen molar-refractivity contribution in [3.63, 3.8) is 0 Å². The molecule has 0 fully saturated rings. The third kappa shape index (κ3) is 37.2. The molecule has 182 valence electrons. The summed E-state index contributed by atoms with van der Waals surface area (Å²) in [6.07, 6.45) is 7.04. The van der Waals surface area contributed by atoms with Crippen molar-refractivity contribution in [1.82, 2.24) is 14.9 Å². The van der Waals surface area contributed by atoms with Crippen LogP contribution in [-0.4, -0.2) is 40.0 Å². The molecule has 0 spiro atoms. The van der Waals surface area contributed by atoms with E-state index in [2.05, 4.69) is 156 Å². The van der Waals surface area contributed by atoms with Crippen LogP contribution in [0.5, 0.6) is 5.75 Å². The van der Waals surface area contributed by atoms with Crippen molar-refractivity contribution in [2.45, 2.75) is 38.7 Å². The summed E-state index contributed by atoms with van der Waals surface area (Å²) in [7, 11) is 5.70. The van der Waals surface area contributed by atoms with Gasteiger partial charge in [-0.3, -0.25) is 9.97 Å². The molecule has 11 heteroatoms. The number of hydrogen-bond acceptors (Lipinski definition) is 4. The van der Waals surface area contributed by atoms with Crippen molar-refractivity contribution < 1.29 is 9.66 Å².